The normalized spacial score (nSPS) is 11.1. The summed E-state index contributed by atoms with van der Waals surface area (Å²) < 4.78 is 0.747. The molecule has 154 valence electrons. The van der Waals surface area contributed by atoms with Gasteiger partial charge in [0.2, 0.25) is 0 Å². The molecule has 0 atom stereocenters. The number of nitrogens with zero attached hydrogens (tertiary/aromatic N) is 1. The summed E-state index contributed by atoms with van der Waals surface area (Å²) in [7, 11) is 0. The summed E-state index contributed by atoms with van der Waals surface area (Å²) in [5.41, 5.74) is 2.98. The monoisotopic (exact) mass is 476 g/mol. The fourth-order valence-electron chi connectivity index (χ4n) is 3.63. The number of carbonyl (C=O) groups excluding carboxylic acids is 1. The number of anilines is 1. The van der Waals surface area contributed by atoms with E-state index in [0.29, 0.717) is 5.69 Å². The van der Waals surface area contributed by atoms with E-state index in [0.717, 1.165) is 21.4 Å². The predicted octanol–water partition coefficient (Wildman–Crippen LogP) is 3.74. The van der Waals surface area contributed by atoms with E-state index in [1.165, 1.54) is 0 Å². The second-order valence-electron chi connectivity index (χ2n) is 7.02. The summed E-state index contributed by atoms with van der Waals surface area (Å²) in [4.78, 5) is 29.0. The number of carboxylic acids is 1. The number of benzene rings is 3. The van der Waals surface area contributed by atoms with Gasteiger partial charge in [-0.3, -0.25) is 0 Å². The van der Waals surface area contributed by atoms with Crippen molar-refractivity contribution in [3.63, 3.8) is 0 Å². The van der Waals surface area contributed by atoms with E-state index in [4.69, 9.17) is 5.11 Å². The van der Waals surface area contributed by atoms with Crippen LogP contribution in [0, 0.1) is 0 Å². The van der Waals surface area contributed by atoms with Crippen LogP contribution in [-0.4, -0.2) is 36.3 Å². The summed E-state index contributed by atoms with van der Waals surface area (Å²) >= 11 is -0.141. The Morgan fingerprint density at radius 3 is 1.68 bits per heavy atom. The molecule has 0 spiro atoms. The first-order valence-corrected chi connectivity index (χ1v) is 11.6. The average molecular weight is 475 g/mol. The third-order valence-electron chi connectivity index (χ3n) is 5.05. The van der Waals surface area contributed by atoms with Crippen LogP contribution in [0.3, 0.4) is 0 Å². The quantitative estimate of drug-likeness (QED) is 0.231. The molecule has 0 aliphatic rings. The van der Waals surface area contributed by atoms with Crippen LogP contribution in [-0.2, 0) is 21.5 Å². The molecule has 0 saturated heterocycles. The predicted molar refractivity (Wildman–Crippen MR) is 120 cm³/mol. The number of aromatic nitrogens is 1. The van der Waals surface area contributed by atoms with Gasteiger partial charge >= 0.3 is 186 Å². The molecule has 0 fully saturated rings. The second-order valence-corrected chi connectivity index (χ2v) is 8.82. The standard InChI is InChI=1S/C25H20N2O3Se/c28-22(23(29)30)16-21-17-31-24(26-21)27-25(18-10-4-1-5-11-18,19-12-6-2-7-13-19)20-14-8-3-9-15-20/h1-15,17H,16H2,(H,26,27)(H,29,30). The Morgan fingerprint density at radius 1 is 0.806 bits per heavy atom. The van der Waals surface area contributed by atoms with Gasteiger partial charge in [0.15, 0.2) is 0 Å². The Hall–Kier alpha value is -3.47. The number of hydrogen-bond acceptors (Lipinski definition) is 4. The van der Waals surface area contributed by atoms with Gasteiger partial charge in [0.1, 0.15) is 0 Å². The minimum absolute atomic E-state index is 0.141. The van der Waals surface area contributed by atoms with E-state index >= 15 is 0 Å². The van der Waals surface area contributed by atoms with E-state index in [1.807, 2.05) is 59.5 Å². The second kappa shape index (κ2) is 9.13. The molecular formula is C25H20N2O3Se. The zero-order valence-corrected chi connectivity index (χ0v) is 18.3. The van der Waals surface area contributed by atoms with E-state index in [2.05, 4.69) is 46.7 Å². The molecule has 4 rings (SSSR count). The van der Waals surface area contributed by atoms with Crippen molar-refractivity contribution in [2.75, 3.05) is 5.32 Å². The molecule has 0 aliphatic heterocycles. The maximum atomic E-state index is 11.6. The molecule has 1 heterocycles. The summed E-state index contributed by atoms with van der Waals surface area (Å²) in [6.45, 7) is 0. The van der Waals surface area contributed by atoms with Crippen LogP contribution in [0.1, 0.15) is 22.4 Å². The Bertz CT molecular complexity index is 1080. The van der Waals surface area contributed by atoms with Crippen molar-refractivity contribution < 1.29 is 14.7 Å². The molecule has 0 aliphatic carbocycles. The molecule has 31 heavy (non-hydrogen) atoms. The van der Waals surface area contributed by atoms with Gasteiger partial charge in [-0.05, 0) is 0 Å². The third-order valence-corrected chi connectivity index (χ3v) is 6.74. The van der Waals surface area contributed by atoms with Crippen molar-refractivity contribution in [1.82, 2.24) is 4.98 Å². The SMILES string of the molecule is O=C(O)C(=O)Cc1c[se]c(NC(c2ccccc2)(c2ccccc2)c2ccccc2)n1. The molecule has 5 nitrogen and oxygen atoms in total. The third kappa shape index (κ3) is 4.36. The molecule has 1 aromatic heterocycles. The molecule has 0 radical (unpaired) electrons. The van der Waals surface area contributed by atoms with Gasteiger partial charge in [0.05, 0.1) is 0 Å². The van der Waals surface area contributed by atoms with Crippen molar-refractivity contribution in [3.8, 4) is 0 Å². The summed E-state index contributed by atoms with van der Waals surface area (Å²) in [6, 6.07) is 30.5. The first-order chi connectivity index (χ1) is 15.1. The summed E-state index contributed by atoms with van der Waals surface area (Å²) in [5.74, 6) is -2.29. The van der Waals surface area contributed by atoms with Crippen LogP contribution in [0.25, 0.3) is 0 Å². The molecule has 0 amide bonds. The van der Waals surface area contributed by atoms with Gasteiger partial charge in [-0.2, -0.15) is 0 Å². The first-order valence-electron chi connectivity index (χ1n) is 9.75. The molecule has 0 saturated carbocycles. The topological polar surface area (TPSA) is 79.3 Å². The Balaban J connectivity index is 1.84. The fourth-order valence-corrected chi connectivity index (χ4v) is 5.23. The number of ketones is 1. The molecule has 6 heteroatoms. The van der Waals surface area contributed by atoms with Crippen LogP contribution in [0.2, 0.25) is 0 Å². The fraction of sp³-hybridized carbons (Fsp3) is 0.0800. The zero-order valence-electron chi connectivity index (χ0n) is 16.6. The summed E-state index contributed by atoms with van der Waals surface area (Å²) in [6.07, 6.45) is -0.197. The van der Waals surface area contributed by atoms with Crippen molar-refractivity contribution in [2.45, 2.75) is 12.0 Å². The van der Waals surface area contributed by atoms with Crippen LogP contribution >= 0.6 is 0 Å². The minimum atomic E-state index is -1.43. The van der Waals surface area contributed by atoms with Gasteiger partial charge < -0.3 is 0 Å². The van der Waals surface area contributed by atoms with Crippen LogP contribution in [0.4, 0.5) is 4.69 Å². The number of carboxylic acid groups (broad SMARTS) is 1. The number of Topliss-reactive ketones (excluding diaryl/α,β-unsaturated/α-hetero) is 1. The average Bonchev–Trinajstić information content (AvgIpc) is 3.25. The maximum absolute atomic E-state index is 11.6. The van der Waals surface area contributed by atoms with Crippen molar-refractivity contribution in [3.05, 3.63) is 118 Å². The Kier molecular flexibility index (Phi) is 6.12. The van der Waals surface area contributed by atoms with Crippen LogP contribution in [0.15, 0.2) is 95.9 Å². The summed E-state index contributed by atoms with van der Waals surface area (Å²) in [5, 5.41) is 12.6. The zero-order chi connectivity index (χ0) is 21.7. The van der Waals surface area contributed by atoms with Crippen molar-refractivity contribution in [1.29, 1.82) is 0 Å². The van der Waals surface area contributed by atoms with Crippen LogP contribution in [0.5, 0.6) is 0 Å². The number of nitrogens with one attached hydrogen (secondary N) is 1. The molecule has 4 aromatic rings. The van der Waals surface area contributed by atoms with Gasteiger partial charge in [-0.25, -0.2) is 0 Å². The van der Waals surface area contributed by atoms with Gasteiger partial charge in [0.25, 0.3) is 0 Å². The number of aliphatic carboxylic acids is 1. The van der Waals surface area contributed by atoms with Gasteiger partial charge in [-0.1, -0.05) is 0 Å². The number of hydrogen-bond donors (Lipinski definition) is 2. The Morgan fingerprint density at radius 2 is 1.26 bits per heavy atom. The molecule has 2 N–H and O–H groups in total. The van der Waals surface area contributed by atoms with Crippen LogP contribution < -0.4 is 5.32 Å². The van der Waals surface area contributed by atoms with E-state index in [9.17, 15) is 9.59 Å². The molecular weight excluding hydrogens is 455 g/mol. The molecule has 0 unspecified atom stereocenters. The van der Waals surface area contributed by atoms with E-state index in [1.54, 1.807) is 0 Å². The number of carbonyl (C=O) groups is 2. The van der Waals surface area contributed by atoms with E-state index < -0.39 is 17.3 Å². The molecule has 0 bridgehead atoms. The Labute approximate surface area is 186 Å². The first kappa shape index (κ1) is 20.8. The van der Waals surface area contributed by atoms with Crippen molar-refractivity contribution >= 4 is 30.9 Å². The van der Waals surface area contributed by atoms with Gasteiger partial charge in [0, 0.05) is 0 Å². The number of rotatable bonds is 8. The van der Waals surface area contributed by atoms with Crippen molar-refractivity contribution in [2.24, 2.45) is 0 Å². The van der Waals surface area contributed by atoms with E-state index in [-0.39, 0.29) is 20.9 Å². The molecule has 3 aromatic carbocycles. The van der Waals surface area contributed by atoms with Gasteiger partial charge in [-0.15, -0.1) is 0 Å².